The van der Waals surface area contributed by atoms with E-state index in [0.717, 1.165) is 48.3 Å². The molecule has 112 valence electrons. The Morgan fingerprint density at radius 3 is 2.90 bits per heavy atom. The number of amides is 1. The smallest absolute Gasteiger partial charge is 0.274 e. The molecule has 0 spiro atoms. The highest BCUT2D eigenvalue weighted by atomic mass is 16.5. The normalized spacial score (nSPS) is 15.6. The van der Waals surface area contributed by atoms with Crippen LogP contribution in [0.5, 0.6) is 0 Å². The highest BCUT2D eigenvalue weighted by Crippen LogP contribution is 2.25. The topological polar surface area (TPSA) is 73.0 Å². The number of carbonyl (C=O) groups excluding carboxylic acids is 1. The van der Waals surface area contributed by atoms with Crippen molar-refractivity contribution in [2.75, 3.05) is 0 Å². The van der Waals surface area contributed by atoms with Crippen LogP contribution in [0.3, 0.4) is 0 Å². The Kier molecular flexibility index (Phi) is 3.53. The average Bonchev–Trinajstić information content (AvgIpc) is 3.01. The maximum Gasteiger partial charge on any atom is 0.274 e. The Labute approximate surface area is 123 Å². The lowest BCUT2D eigenvalue weighted by atomic mass is 9.96. The number of hydrogen-bond donors (Lipinski definition) is 1. The Morgan fingerprint density at radius 2 is 2.19 bits per heavy atom. The minimum atomic E-state index is -0.169. The summed E-state index contributed by atoms with van der Waals surface area (Å²) in [6.07, 6.45) is 5.88. The Bertz CT molecular complexity index is 671. The molecule has 0 radical (unpaired) electrons. The zero-order valence-corrected chi connectivity index (χ0v) is 12.6. The van der Waals surface area contributed by atoms with E-state index in [9.17, 15) is 4.79 Å². The number of nitrogens with one attached hydrogen (secondary N) is 1. The molecular weight excluding hydrogens is 268 g/mol. The molecule has 3 rings (SSSR count). The number of nitrogens with zero attached hydrogens (tertiary/aromatic N) is 3. The van der Waals surface area contributed by atoms with Crippen molar-refractivity contribution in [3.8, 4) is 0 Å². The molecule has 0 aliphatic heterocycles. The molecule has 2 aromatic rings. The second-order valence-electron chi connectivity index (χ2n) is 5.68. The fourth-order valence-corrected chi connectivity index (χ4v) is 2.95. The van der Waals surface area contributed by atoms with Crippen LogP contribution in [0.4, 0.5) is 0 Å². The van der Waals surface area contributed by atoms with Gasteiger partial charge in [0.2, 0.25) is 0 Å². The molecule has 1 aliphatic carbocycles. The van der Waals surface area contributed by atoms with Crippen LogP contribution in [-0.2, 0) is 19.9 Å². The Morgan fingerprint density at radius 1 is 1.43 bits per heavy atom. The van der Waals surface area contributed by atoms with Crippen LogP contribution in [-0.4, -0.2) is 20.8 Å². The Balaban J connectivity index is 1.77. The van der Waals surface area contributed by atoms with E-state index in [-0.39, 0.29) is 11.9 Å². The molecule has 6 heteroatoms. The average molecular weight is 288 g/mol. The van der Waals surface area contributed by atoms with E-state index in [4.69, 9.17) is 4.52 Å². The molecule has 1 aliphatic rings. The van der Waals surface area contributed by atoms with Crippen LogP contribution in [0.25, 0.3) is 0 Å². The summed E-state index contributed by atoms with van der Waals surface area (Å²) in [5.41, 5.74) is 3.36. The first-order chi connectivity index (χ1) is 10.1. The number of aryl methyl sites for hydroxylation is 3. The van der Waals surface area contributed by atoms with Gasteiger partial charge in [0.15, 0.2) is 5.69 Å². The fourth-order valence-electron chi connectivity index (χ4n) is 2.95. The minimum Gasteiger partial charge on any atom is -0.360 e. The van der Waals surface area contributed by atoms with Crippen molar-refractivity contribution in [3.63, 3.8) is 0 Å². The van der Waals surface area contributed by atoms with Gasteiger partial charge in [0.25, 0.3) is 5.91 Å². The predicted molar refractivity (Wildman–Crippen MR) is 77.0 cm³/mol. The summed E-state index contributed by atoms with van der Waals surface area (Å²) < 4.78 is 7.05. The highest BCUT2D eigenvalue weighted by molar-refractivity contribution is 5.94. The van der Waals surface area contributed by atoms with E-state index in [0.29, 0.717) is 5.69 Å². The second-order valence-corrected chi connectivity index (χ2v) is 5.68. The van der Waals surface area contributed by atoms with Crippen LogP contribution >= 0.6 is 0 Å². The largest absolute Gasteiger partial charge is 0.360 e. The quantitative estimate of drug-likeness (QED) is 0.938. The van der Waals surface area contributed by atoms with Gasteiger partial charge in [0.1, 0.15) is 5.76 Å². The molecule has 0 saturated carbocycles. The number of aromatic nitrogens is 3. The molecular formula is C15H20N4O2. The molecule has 0 saturated heterocycles. The van der Waals surface area contributed by atoms with Gasteiger partial charge in [0.05, 0.1) is 11.7 Å². The molecule has 1 N–H and O–H groups in total. The van der Waals surface area contributed by atoms with Gasteiger partial charge in [-0.05, 0) is 33.1 Å². The third kappa shape index (κ3) is 2.57. The van der Waals surface area contributed by atoms with Gasteiger partial charge in [-0.2, -0.15) is 5.10 Å². The van der Waals surface area contributed by atoms with Gasteiger partial charge in [-0.3, -0.25) is 9.48 Å². The van der Waals surface area contributed by atoms with Gasteiger partial charge >= 0.3 is 0 Å². The zero-order valence-electron chi connectivity index (χ0n) is 12.6. The van der Waals surface area contributed by atoms with E-state index in [1.165, 1.54) is 0 Å². The summed E-state index contributed by atoms with van der Waals surface area (Å²) in [6.45, 7) is 3.89. The molecule has 1 amide bonds. The second kappa shape index (κ2) is 5.35. The third-order valence-electron chi connectivity index (χ3n) is 4.03. The first-order valence-electron chi connectivity index (χ1n) is 7.34. The molecule has 2 heterocycles. The first-order valence-corrected chi connectivity index (χ1v) is 7.34. The van der Waals surface area contributed by atoms with Crippen molar-refractivity contribution in [1.82, 2.24) is 20.3 Å². The van der Waals surface area contributed by atoms with Crippen LogP contribution in [0.1, 0.15) is 58.9 Å². The molecule has 0 bridgehead atoms. The van der Waals surface area contributed by atoms with Crippen molar-refractivity contribution in [2.24, 2.45) is 7.05 Å². The highest BCUT2D eigenvalue weighted by Gasteiger charge is 2.25. The maximum atomic E-state index is 12.4. The van der Waals surface area contributed by atoms with Crippen LogP contribution in [0.15, 0.2) is 10.7 Å². The summed E-state index contributed by atoms with van der Waals surface area (Å²) in [7, 11) is 1.87. The van der Waals surface area contributed by atoms with Gasteiger partial charge < -0.3 is 9.84 Å². The van der Waals surface area contributed by atoms with Crippen molar-refractivity contribution in [2.45, 2.75) is 45.6 Å². The zero-order chi connectivity index (χ0) is 15.0. The predicted octanol–water partition coefficient (Wildman–Crippen LogP) is 2.09. The summed E-state index contributed by atoms with van der Waals surface area (Å²) in [4.78, 5) is 12.4. The number of fused-ring (bicyclic) bond motifs is 1. The van der Waals surface area contributed by atoms with E-state index in [1.54, 1.807) is 4.68 Å². The van der Waals surface area contributed by atoms with Crippen molar-refractivity contribution >= 4 is 5.91 Å². The summed E-state index contributed by atoms with van der Waals surface area (Å²) in [5, 5.41) is 11.3. The summed E-state index contributed by atoms with van der Waals surface area (Å²) >= 11 is 0. The number of carbonyl (C=O) groups is 1. The van der Waals surface area contributed by atoms with Crippen molar-refractivity contribution < 1.29 is 9.32 Å². The summed E-state index contributed by atoms with van der Waals surface area (Å²) in [5.74, 6) is 0.703. The molecule has 1 atom stereocenters. The molecule has 0 fully saturated rings. The van der Waals surface area contributed by atoms with E-state index in [1.807, 2.05) is 27.1 Å². The standard InChI is InChI=1S/C15H20N4O2/c1-9(12-8-19(3)17-10(12)2)16-15(20)14-11-6-4-5-7-13(11)21-18-14/h8-9H,4-7H2,1-3H3,(H,16,20)/t9-/m0/s1. The van der Waals surface area contributed by atoms with E-state index >= 15 is 0 Å². The first kappa shape index (κ1) is 13.9. The van der Waals surface area contributed by atoms with Gasteiger partial charge in [-0.15, -0.1) is 0 Å². The van der Waals surface area contributed by atoms with E-state index < -0.39 is 0 Å². The monoisotopic (exact) mass is 288 g/mol. The lowest BCUT2D eigenvalue weighted by molar-refractivity contribution is 0.0930. The molecule has 2 aromatic heterocycles. The van der Waals surface area contributed by atoms with E-state index in [2.05, 4.69) is 15.6 Å². The van der Waals surface area contributed by atoms with Crippen molar-refractivity contribution in [1.29, 1.82) is 0 Å². The number of rotatable bonds is 3. The maximum absolute atomic E-state index is 12.4. The molecule has 0 aromatic carbocycles. The Hall–Kier alpha value is -2.11. The SMILES string of the molecule is Cc1nn(C)cc1[C@H](C)NC(=O)c1noc2c1CCCC2. The van der Waals surface area contributed by atoms with Crippen LogP contribution in [0, 0.1) is 6.92 Å². The summed E-state index contributed by atoms with van der Waals surface area (Å²) in [6, 6.07) is -0.109. The van der Waals surface area contributed by atoms with Crippen LogP contribution < -0.4 is 5.32 Å². The lowest BCUT2D eigenvalue weighted by Crippen LogP contribution is -2.28. The number of hydrogen-bond acceptors (Lipinski definition) is 4. The molecule has 21 heavy (non-hydrogen) atoms. The third-order valence-corrected chi connectivity index (χ3v) is 4.03. The van der Waals surface area contributed by atoms with Gasteiger partial charge in [-0.25, -0.2) is 0 Å². The fraction of sp³-hybridized carbons (Fsp3) is 0.533. The van der Waals surface area contributed by atoms with Crippen molar-refractivity contribution in [3.05, 3.63) is 34.5 Å². The molecule has 0 unspecified atom stereocenters. The van der Waals surface area contributed by atoms with Gasteiger partial charge in [-0.1, -0.05) is 5.16 Å². The van der Waals surface area contributed by atoms with Gasteiger partial charge in [0, 0.05) is 30.8 Å². The minimum absolute atomic E-state index is 0.109. The molecule has 6 nitrogen and oxygen atoms in total. The van der Waals surface area contributed by atoms with Crippen LogP contribution in [0.2, 0.25) is 0 Å². The lowest BCUT2D eigenvalue weighted by Gasteiger charge is -2.13.